The average Bonchev–Trinajstić information content (AvgIpc) is 2.88. The third-order valence-electron chi connectivity index (χ3n) is 3.65. The summed E-state index contributed by atoms with van der Waals surface area (Å²) in [5.74, 6) is -0.430. The van der Waals surface area contributed by atoms with Crippen LogP contribution >= 0.6 is 0 Å². The fourth-order valence-electron chi connectivity index (χ4n) is 2.40. The Morgan fingerprint density at radius 2 is 2.26 bits per heavy atom. The van der Waals surface area contributed by atoms with Crippen molar-refractivity contribution in [1.29, 1.82) is 0 Å². The molecule has 1 fully saturated rings. The molecule has 7 heteroatoms. The number of nitrogens with zero attached hydrogens (tertiary/aromatic N) is 2. The summed E-state index contributed by atoms with van der Waals surface area (Å²) in [7, 11) is 0. The van der Waals surface area contributed by atoms with Crippen LogP contribution in [0.15, 0.2) is 10.9 Å². The van der Waals surface area contributed by atoms with Crippen molar-refractivity contribution in [2.75, 3.05) is 13.1 Å². The second kappa shape index (κ2) is 6.12. The molecule has 3 N–H and O–H groups in total. The third kappa shape index (κ3) is 4.00. The van der Waals surface area contributed by atoms with E-state index in [9.17, 15) is 9.90 Å². The molecule has 1 aliphatic rings. The number of rotatable bonds is 6. The Balaban J connectivity index is 1.66. The van der Waals surface area contributed by atoms with Gasteiger partial charge >= 0.3 is 5.97 Å². The zero-order valence-electron chi connectivity index (χ0n) is 10.7. The molecule has 1 aromatic rings. The number of hydrogen-bond donors (Lipinski definition) is 3. The minimum Gasteiger partial charge on any atom is -0.481 e. The normalized spacial score (nSPS) is 27.3. The predicted octanol–water partition coefficient (Wildman–Crippen LogP) is 0.208. The maximum atomic E-state index is 10.8. The van der Waals surface area contributed by atoms with Gasteiger partial charge in [0.05, 0.1) is 11.5 Å². The molecule has 0 radical (unpaired) electrons. The van der Waals surface area contributed by atoms with Crippen LogP contribution in [0.4, 0.5) is 0 Å². The molecule has 2 rings (SSSR count). The zero-order chi connectivity index (χ0) is 13.7. The molecule has 1 saturated carbocycles. The van der Waals surface area contributed by atoms with Crippen LogP contribution in [0.2, 0.25) is 0 Å². The highest BCUT2D eigenvalue weighted by Gasteiger charge is 2.35. The number of carboxylic acid groups (broad SMARTS) is 1. The number of nitrogens with one attached hydrogen (secondary N) is 1. The third-order valence-corrected chi connectivity index (χ3v) is 3.65. The highest BCUT2D eigenvalue weighted by Crippen LogP contribution is 2.31. The Morgan fingerprint density at radius 1 is 1.53 bits per heavy atom. The van der Waals surface area contributed by atoms with Gasteiger partial charge in [0.1, 0.15) is 0 Å². The molecule has 0 aliphatic heterocycles. The highest BCUT2D eigenvalue weighted by molar-refractivity contribution is 5.70. The predicted molar refractivity (Wildman–Crippen MR) is 65.4 cm³/mol. The van der Waals surface area contributed by atoms with E-state index < -0.39 is 11.6 Å². The van der Waals surface area contributed by atoms with Crippen molar-refractivity contribution in [3.63, 3.8) is 0 Å². The van der Waals surface area contributed by atoms with Crippen molar-refractivity contribution in [1.82, 2.24) is 15.5 Å². The van der Waals surface area contributed by atoms with E-state index in [0.29, 0.717) is 51.0 Å². The fraction of sp³-hybridized carbons (Fsp3) is 0.750. The van der Waals surface area contributed by atoms with Gasteiger partial charge in [-0.25, -0.2) is 0 Å². The molecule has 0 amide bonds. The maximum absolute atomic E-state index is 10.8. The van der Waals surface area contributed by atoms with E-state index in [1.165, 1.54) is 6.39 Å². The number of carbonyl (C=O) groups is 1. The molecule has 1 aliphatic carbocycles. The first-order valence-electron chi connectivity index (χ1n) is 6.50. The van der Waals surface area contributed by atoms with E-state index in [0.717, 1.165) is 0 Å². The lowest BCUT2D eigenvalue weighted by molar-refractivity contribution is -0.144. The molecule has 106 valence electrons. The monoisotopic (exact) mass is 269 g/mol. The summed E-state index contributed by atoms with van der Waals surface area (Å²) >= 11 is 0. The van der Waals surface area contributed by atoms with Crippen molar-refractivity contribution in [3.8, 4) is 0 Å². The van der Waals surface area contributed by atoms with Gasteiger partial charge in [0.25, 0.3) is 0 Å². The van der Waals surface area contributed by atoms with Crippen LogP contribution in [-0.4, -0.2) is 45.0 Å². The van der Waals surface area contributed by atoms with Gasteiger partial charge in [-0.3, -0.25) is 4.79 Å². The Kier molecular flexibility index (Phi) is 4.49. The van der Waals surface area contributed by atoms with E-state index in [1.807, 2.05) is 0 Å². The minimum absolute atomic E-state index is 0.306. The molecule has 0 unspecified atom stereocenters. The first-order valence-corrected chi connectivity index (χ1v) is 6.50. The Labute approximate surface area is 111 Å². The summed E-state index contributed by atoms with van der Waals surface area (Å²) in [5.41, 5.74) is -0.788. The smallest absolute Gasteiger partial charge is 0.306 e. The second-order valence-corrected chi connectivity index (χ2v) is 5.11. The van der Waals surface area contributed by atoms with Gasteiger partial charge in [0.15, 0.2) is 5.82 Å². The van der Waals surface area contributed by atoms with Gasteiger partial charge in [-0.15, -0.1) is 0 Å². The summed E-state index contributed by atoms with van der Waals surface area (Å²) in [6.07, 6.45) is 4.06. The maximum Gasteiger partial charge on any atom is 0.306 e. The second-order valence-electron chi connectivity index (χ2n) is 5.11. The largest absolute Gasteiger partial charge is 0.481 e. The van der Waals surface area contributed by atoms with Crippen LogP contribution in [0.5, 0.6) is 0 Å². The lowest BCUT2D eigenvalue weighted by atomic mass is 9.79. The van der Waals surface area contributed by atoms with Crippen LogP contribution in [0, 0.1) is 5.92 Å². The number of carboxylic acids is 1. The quantitative estimate of drug-likeness (QED) is 0.633. The lowest BCUT2D eigenvalue weighted by Gasteiger charge is -2.34. The zero-order valence-corrected chi connectivity index (χ0v) is 10.7. The number of aliphatic hydroxyl groups is 1. The minimum atomic E-state index is -0.788. The van der Waals surface area contributed by atoms with Crippen molar-refractivity contribution in [2.45, 2.75) is 37.7 Å². The van der Waals surface area contributed by atoms with Gasteiger partial charge in [0.2, 0.25) is 6.39 Å². The van der Waals surface area contributed by atoms with Crippen molar-refractivity contribution in [2.24, 2.45) is 5.92 Å². The molecular formula is C12H19N3O4. The van der Waals surface area contributed by atoms with Gasteiger partial charge in [-0.1, -0.05) is 5.16 Å². The van der Waals surface area contributed by atoms with Crippen molar-refractivity contribution in [3.05, 3.63) is 12.2 Å². The molecule has 19 heavy (non-hydrogen) atoms. The molecule has 0 atom stereocenters. The standard InChI is InChI=1S/C12H19N3O4/c16-11(17)9-1-4-12(18,5-2-9)7-13-6-3-10-14-8-19-15-10/h8-9,13,18H,1-7H2,(H,16,17). The molecule has 1 heterocycles. The van der Waals surface area contributed by atoms with Crippen LogP contribution in [0.3, 0.4) is 0 Å². The van der Waals surface area contributed by atoms with Gasteiger partial charge in [-0.05, 0) is 25.7 Å². The SMILES string of the molecule is O=C(O)C1CCC(O)(CNCCc2ncon2)CC1. The van der Waals surface area contributed by atoms with Crippen LogP contribution in [0.1, 0.15) is 31.5 Å². The molecule has 0 spiro atoms. The lowest BCUT2D eigenvalue weighted by Crippen LogP contribution is -2.44. The van der Waals surface area contributed by atoms with Crippen LogP contribution in [0.25, 0.3) is 0 Å². The Bertz CT molecular complexity index is 399. The van der Waals surface area contributed by atoms with Crippen LogP contribution in [-0.2, 0) is 11.2 Å². The van der Waals surface area contributed by atoms with Gasteiger partial charge in [0, 0.05) is 19.5 Å². The summed E-state index contributed by atoms with van der Waals surface area (Å²) in [5, 5.41) is 26.1. The van der Waals surface area contributed by atoms with E-state index in [-0.39, 0.29) is 5.92 Å². The highest BCUT2D eigenvalue weighted by atomic mass is 16.5. The topological polar surface area (TPSA) is 108 Å². The van der Waals surface area contributed by atoms with E-state index in [2.05, 4.69) is 20.0 Å². The summed E-state index contributed by atoms with van der Waals surface area (Å²) < 4.78 is 4.62. The number of aromatic nitrogens is 2. The van der Waals surface area contributed by atoms with E-state index in [4.69, 9.17) is 5.11 Å². The molecular weight excluding hydrogens is 250 g/mol. The first-order chi connectivity index (χ1) is 9.09. The van der Waals surface area contributed by atoms with Gasteiger partial charge in [-0.2, -0.15) is 4.98 Å². The first kappa shape index (κ1) is 14.0. The van der Waals surface area contributed by atoms with Crippen molar-refractivity contribution < 1.29 is 19.5 Å². The summed E-state index contributed by atoms with van der Waals surface area (Å²) in [6.45, 7) is 1.13. The average molecular weight is 269 g/mol. The summed E-state index contributed by atoms with van der Waals surface area (Å²) in [4.78, 5) is 14.7. The molecule has 0 aromatic carbocycles. The fourth-order valence-corrected chi connectivity index (χ4v) is 2.40. The summed E-state index contributed by atoms with van der Waals surface area (Å²) in [6, 6.07) is 0. The van der Waals surface area contributed by atoms with Crippen LogP contribution < -0.4 is 5.32 Å². The molecule has 0 bridgehead atoms. The molecule has 7 nitrogen and oxygen atoms in total. The molecule has 0 saturated heterocycles. The molecule has 1 aromatic heterocycles. The number of hydrogen-bond acceptors (Lipinski definition) is 6. The van der Waals surface area contributed by atoms with E-state index >= 15 is 0 Å². The Hall–Kier alpha value is -1.47. The Morgan fingerprint density at radius 3 is 2.84 bits per heavy atom. The number of aliphatic carboxylic acids is 1. The van der Waals surface area contributed by atoms with E-state index in [1.54, 1.807) is 0 Å². The van der Waals surface area contributed by atoms with Crippen molar-refractivity contribution >= 4 is 5.97 Å². The van der Waals surface area contributed by atoms with Gasteiger partial charge < -0.3 is 20.1 Å².